The Morgan fingerprint density at radius 3 is 2.84 bits per heavy atom. The van der Waals surface area contributed by atoms with Crippen LogP contribution in [0.25, 0.3) is 5.69 Å². The molecular weight excluding hydrogens is 314 g/mol. The van der Waals surface area contributed by atoms with Crippen LogP contribution in [-0.4, -0.2) is 32.7 Å². The van der Waals surface area contributed by atoms with Crippen LogP contribution in [0.4, 0.5) is 5.69 Å². The van der Waals surface area contributed by atoms with Crippen LogP contribution < -0.4 is 4.90 Å². The second-order valence-corrected chi connectivity index (χ2v) is 6.44. The molecule has 0 aliphatic carbocycles. The maximum atomic E-state index is 13.2. The molecule has 1 aliphatic heterocycles. The summed E-state index contributed by atoms with van der Waals surface area (Å²) < 4.78 is 1.55. The molecule has 25 heavy (non-hydrogen) atoms. The number of hydrogen-bond donors (Lipinski definition) is 0. The standard InChI is InChI=1S/C19H19N5O/c1-13-9-14(2)17-7-4-8-23(18(17)10-13)19(25)15-5-3-6-16(11-15)24-12-20-21-22-24/h3,5-6,9-12H,4,7-8H2,1-2H3. The van der Waals surface area contributed by atoms with Gasteiger partial charge in [-0.1, -0.05) is 12.1 Å². The lowest BCUT2D eigenvalue weighted by Gasteiger charge is -2.31. The van der Waals surface area contributed by atoms with E-state index in [-0.39, 0.29) is 5.91 Å². The van der Waals surface area contributed by atoms with Crippen molar-refractivity contribution in [3.8, 4) is 5.69 Å². The normalized spacial score (nSPS) is 13.6. The Bertz CT molecular complexity index is 933. The molecule has 126 valence electrons. The van der Waals surface area contributed by atoms with Crippen molar-refractivity contribution in [2.75, 3.05) is 11.4 Å². The quantitative estimate of drug-likeness (QED) is 0.723. The third-order valence-corrected chi connectivity index (χ3v) is 4.64. The Labute approximate surface area is 146 Å². The fourth-order valence-electron chi connectivity index (χ4n) is 3.50. The lowest BCUT2D eigenvalue weighted by Crippen LogP contribution is -2.35. The van der Waals surface area contributed by atoms with Gasteiger partial charge in [0, 0.05) is 17.8 Å². The summed E-state index contributed by atoms with van der Waals surface area (Å²) in [6, 6.07) is 11.7. The summed E-state index contributed by atoms with van der Waals surface area (Å²) in [5.41, 5.74) is 6.17. The van der Waals surface area contributed by atoms with Crippen molar-refractivity contribution in [1.82, 2.24) is 20.2 Å². The molecule has 0 spiro atoms. The third kappa shape index (κ3) is 2.80. The van der Waals surface area contributed by atoms with Crippen molar-refractivity contribution >= 4 is 11.6 Å². The van der Waals surface area contributed by atoms with Crippen molar-refractivity contribution in [1.29, 1.82) is 0 Å². The molecule has 0 radical (unpaired) electrons. The Balaban J connectivity index is 1.73. The van der Waals surface area contributed by atoms with E-state index in [1.165, 1.54) is 23.0 Å². The highest BCUT2D eigenvalue weighted by atomic mass is 16.2. The number of carbonyl (C=O) groups is 1. The highest BCUT2D eigenvalue weighted by Crippen LogP contribution is 2.32. The van der Waals surface area contributed by atoms with Gasteiger partial charge in [-0.05, 0) is 78.1 Å². The van der Waals surface area contributed by atoms with E-state index >= 15 is 0 Å². The molecule has 0 bridgehead atoms. The van der Waals surface area contributed by atoms with Crippen LogP contribution in [0.3, 0.4) is 0 Å². The van der Waals surface area contributed by atoms with Gasteiger partial charge in [-0.3, -0.25) is 4.79 Å². The van der Waals surface area contributed by atoms with E-state index in [4.69, 9.17) is 0 Å². The number of nitrogens with zero attached hydrogens (tertiary/aromatic N) is 5. The zero-order valence-electron chi connectivity index (χ0n) is 14.3. The SMILES string of the molecule is Cc1cc(C)c2c(c1)N(C(=O)c1cccc(-n3cnnn3)c1)CCC2. The Kier molecular flexibility index (Phi) is 3.80. The van der Waals surface area contributed by atoms with Gasteiger partial charge in [-0.2, -0.15) is 0 Å². The van der Waals surface area contributed by atoms with Crippen LogP contribution in [0.1, 0.15) is 33.5 Å². The first-order valence-electron chi connectivity index (χ1n) is 8.39. The van der Waals surface area contributed by atoms with Crippen LogP contribution in [0.2, 0.25) is 0 Å². The number of aryl methyl sites for hydroxylation is 2. The first-order chi connectivity index (χ1) is 12.1. The largest absolute Gasteiger partial charge is 0.308 e. The summed E-state index contributed by atoms with van der Waals surface area (Å²) in [5, 5.41) is 11.2. The van der Waals surface area contributed by atoms with Gasteiger partial charge in [0.15, 0.2) is 0 Å². The van der Waals surface area contributed by atoms with E-state index in [1.54, 1.807) is 4.68 Å². The van der Waals surface area contributed by atoms with Crippen LogP contribution in [0.5, 0.6) is 0 Å². The lowest BCUT2D eigenvalue weighted by atomic mass is 9.94. The van der Waals surface area contributed by atoms with Gasteiger partial charge in [-0.25, -0.2) is 4.68 Å². The van der Waals surface area contributed by atoms with Gasteiger partial charge in [0.2, 0.25) is 0 Å². The molecule has 0 fully saturated rings. The van der Waals surface area contributed by atoms with E-state index in [0.29, 0.717) is 5.56 Å². The van der Waals surface area contributed by atoms with Crippen LogP contribution >= 0.6 is 0 Å². The summed E-state index contributed by atoms with van der Waals surface area (Å²) in [7, 11) is 0. The number of hydrogen-bond acceptors (Lipinski definition) is 4. The number of fused-ring (bicyclic) bond motifs is 1. The Morgan fingerprint density at radius 1 is 1.16 bits per heavy atom. The van der Waals surface area contributed by atoms with Gasteiger partial charge in [-0.15, -0.1) is 5.10 Å². The van der Waals surface area contributed by atoms with Crippen molar-refractivity contribution < 1.29 is 4.79 Å². The number of tetrazole rings is 1. The Hall–Kier alpha value is -3.02. The van der Waals surface area contributed by atoms with E-state index in [0.717, 1.165) is 30.8 Å². The fourth-order valence-corrected chi connectivity index (χ4v) is 3.50. The molecule has 3 aromatic rings. The van der Waals surface area contributed by atoms with Crippen molar-refractivity contribution in [3.05, 3.63) is 65.0 Å². The van der Waals surface area contributed by atoms with Crippen LogP contribution in [0.15, 0.2) is 42.7 Å². The number of benzene rings is 2. The van der Waals surface area contributed by atoms with Crippen molar-refractivity contribution in [2.45, 2.75) is 26.7 Å². The predicted octanol–water partition coefficient (Wildman–Crippen LogP) is 2.87. The first-order valence-corrected chi connectivity index (χ1v) is 8.39. The van der Waals surface area contributed by atoms with Gasteiger partial charge in [0.1, 0.15) is 6.33 Å². The minimum Gasteiger partial charge on any atom is -0.308 e. The number of rotatable bonds is 2. The van der Waals surface area contributed by atoms with Gasteiger partial charge < -0.3 is 4.90 Å². The van der Waals surface area contributed by atoms with Crippen LogP contribution in [-0.2, 0) is 6.42 Å². The molecule has 4 rings (SSSR count). The van der Waals surface area contributed by atoms with E-state index < -0.39 is 0 Å². The second-order valence-electron chi connectivity index (χ2n) is 6.44. The molecule has 0 saturated carbocycles. The lowest BCUT2D eigenvalue weighted by molar-refractivity contribution is 0.0985. The van der Waals surface area contributed by atoms with Gasteiger partial charge in [0.25, 0.3) is 5.91 Å². The minimum atomic E-state index is 0.0147. The maximum absolute atomic E-state index is 13.2. The monoisotopic (exact) mass is 333 g/mol. The molecule has 0 unspecified atom stereocenters. The molecule has 1 aliphatic rings. The smallest absolute Gasteiger partial charge is 0.258 e. The first kappa shape index (κ1) is 15.5. The fraction of sp³-hybridized carbons (Fsp3) is 0.263. The molecule has 0 saturated heterocycles. The van der Waals surface area contributed by atoms with Crippen LogP contribution in [0, 0.1) is 13.8 Å². The van der Waals surface area contributed by atoms with E-state index in [9.17, 15) is 4.79 Å². The van der Waals surface area contributed by atoms with Crippen molar-refractivity contribution in [3.63, 3.8) is 0 Å². The molecule has 0 N–H and O–H groups in total. The highest BCUT2D eigenvalue weighted by molar-refractivity contribution is 6.07. The average molecular weight is 333 g/mol. The second kappa shape index (κ2) is 6.12. The predicted molar refractivity (Wildman–Crippen MR) is 95.1 cm³/mol. The molecule has 6 heteroatoms. The van der Waals surface area contributed by atoms with Gasteiger partial charge >= 0.3 is 0 Å². The number of amides is 1. The number of carbonyl (C=O) groups excluding carboxylic acids is 1. The summed E-state index contributed by atoms with van der Waals surface area (Å²) in [6.45, 7) is 4.94. The number of anilines is 1. The molecule has 1 amide bonds. The minimum absolute atomic E-state index is 0.0147. The summed E-state index contributed by atoms with van der Waals surface area (Å²) >= 11 is 0. The average Bonchev–Trinajstić information content (AvgIpc) is 3.15. The van der Waals surface area contributed by atoms with E-state index in [2.05, 4.69) is 41.5 Å². The Morgan fingerprint density at radius 2 is 2.04 bits per heavy atom. The number of aromatic nitrogens is 4. The maximum Gasteiger partial charge on any atom is 0.258 e. The molecule has 6 nitrogen and oxygen atoms in total. The molecular formula is C19H19N5O. The summed E-state index contributed by atoms with van der Waals surface area (Å²) in [6.07, 6.45) is 3.53. The highest BCUT2D eigenvalue weighted by Gasteiger charge is 2.25. The third-order valence-electron chi connectivity index (χ3n) is 4.64. The van der Waals surface area contributed by atoms with E-state index in [1.807, 2.05) is 29.2 Å². The topological polar surface area (TPSA) is 63.9 Å². The summed E-state index contributed by atoms with van der Waals surface area (Å²) in [4.78, 5) is 15.1. The molecule has 1 aromatic heterocycles. The molecule has 2 heterocycles. The van der Waals surface area contributed by atoms with Gasteiger partial charge in [0.05, 0.1) is 5.69 Å². The summed E-state index contributed by atoms with van der Waals surface area (Å²) in [5.74, 6) is 0.0147. The zero-order chi connectivity index (χ0) is 17.4. The molecule has 0 atom stereocenters. The molecule has 2 aromatic carbocycles. The van der Waals surface area contributed by atoms with Crippen molar-refractivity contribution in [2.24, 2.45) is 0 Å². The zero-order valence-corrected chi connectivity index (χ0v) is 14.3.